The highest BCUT2D eigenvalue weighted by Crippen LogP contribution is 2.65. The molecular weight excluding hydrogens is 440 g/mol. The van der Waals surface area contributed by atoms with E-state index < -0.39 is 0 Å². The monoisotopic (exact) mass is 470 g/mol. The first-order chi connectivity index (χ1) is 16.7. The Kier molecular flexibility index (Phi) is 4.92. The number of amides is 3. The number of ether oxygens (including phenoxy) is 1. The summed E-state index contributed by atoms with van der Waals surface area (Å²) in [5.74, 6) is 1.54. The minimum absolute atomic E-state index is 0.0809. The number of likely N-dealkylation sites (tertiary alicyclic amines) is 1. The number of carbonyl (C=O) groups is 3. The summed E-state index contributed by atoms with van der Waals surface area (Å²) >= 11 is 0. The molecule has 2 aromatic carbocycles. The van der Waals surface area contributed by atoms with Crippen molar-refractivity contribution in [2.45, 2.75) is 32.6 Å². The van der Waals surface area contributed by atoms with Crippen molar-refractivity contribution >= 4 is 23.4 Å². The molecule has 4 aliphatic carbocycles. The first kappa shape index (κ1) is 22.1. The van der Waals surface area contributed by atoms with E-state index in [4.69, 9.17) is 4.74 Å². The molecule has 6 heteroatoms. The molecule has 7 rings (SSSR count). The van der Waals surface area contributed by atoms with Gasteiger partial charge >= 0.3 is 0 Å². The van der Waals surface area contributed by atoms with Crippen LogP contribution in [-0.2, 0) is 19.8 Å². The molecule has 2 bridgehead atoms. The van der Waals surface area contributed by atoms with Crippen molar-refractivity contribution in [3.63, 3.8) is 0 Å². The summed E-state index contributed by atoms with van der Waals surface area (Å²) in [5, 5.41) is 2.81. The number of nitrogens with one attached hydrogen (secondary N) is 1. The van der Waals surface area contributed by atoms with Crippen LogP contribution < -0.4 is 10.1 Å². The molecule has 3 amide bonds. The smallest absolute Gasteiger partial charge is 0.244 e. The van der Waals surface area contributed by atoms with Gasteiger partial charge in [-0.05, 0) is 77.5 Å². The molecule has 1 saturated heterocycles. The highest BCUT2D eigenvalue weighted by molar-refractivity contribution is 6.09. The number of hydrogen-bond donors (Lipinski definition) is 1. The van der Waals surface area contributed by atoms with Crippen molar-refractivity contribution in [3.05, 3.63) is 66.2 Å². The fourth-order valence-electron chi connectivity index (χ4n) is 6.28. The van der Waals surface area contributed by atoms with Gasteiger partial charge in [0.2, 0.25) is 17.7 Å². The van der Waals surface area contributed by atoms with E-state index in [0.717, 1.165) is 12.2 Å². The average Bonchev–Trinajstić information content (AvgIpc) is 3.61. The Morgan fingerprint density at radius 1 is 0.886 bits per heavy atom. The molecule has 0 radical (unpaired) electrons. The van der Waals surface area contributed by atoms with Crippen LogP contribution in [0.5, 0.6) is 11.5 Å². The lowest BCUT2D eigenvalue weighted by Gasteiger charge is -2.37. The van der Waals surface area contributed by atoms with Gasteiger partial charge in [0.25, 0.3) is 0 Å². The van der Waals surface area contributed by atoms with Crippen LogP contribution in [0.3, 0.4) is 0 Å². The lowest BCUT2D eigenvalue weighted by Crippen LogP contribution is -2.40. The zero-order valence-electron chi connectivity index (χ0n) is 20.2. The minimum atomic E-state index is -0.373. The number of hydrogen-bond acceptors (Lipinski definition) is 4. The fourth-order valence-corrected chi connectivity index (χ4v) is 6.28. The van der Waals surface area contributed by atoms with Crippen LogP contribution in [0.1, 0.15) is 32.8 Å². The van der Waals surface area contributed by atoms with Crippen LogP contribution >= 0.6 is 0 Å². The average molecular weight is 471 g/mol. The molecule has 2 saturated carbocycles. The topological polar surface area (TPSA) is 75.7 Å². The Hall–Kier alpha value is -3.41. The second-order valence-corrected chi connectivity index (χ2v) is 11.4. The van der Waals surface area contributed by atoms with Crippen molar-refractivity contribution in [2.24, 2.45) is 35.5 Å². The van der Waals surface area contributed by atoms with Gasteiger partial charge in [-0.25, -0.2) is 0 Å². The molecule has 2 aromatic rings. The Bertz CT molecular complexity index is 1190. The van der Waals surface area contributed by atoms with Crippen molar-refractivity contribution < 1.29 is 19.1 Å². The third-order valence-corrected chi connectivity index (χ3v) is 8.15. The van der Waals surface area contributed by atoms with Gasteiger partial charge in [0, 0.05) is 5.69 Å². The number of imide groups is 1. The number of benzene rings is 2. The first-order valence-corrected chi connectivity index (χ1v) is 12.4. The largest absolute Gasteiger partial charge is 0.457 e. The molecule has 1 N–H and O–H groups in total. The van der Waals surface area contributed by atoms with Crippen molar-refractivity contribution in [1.29, 1.82) is 0 Å². The van der Waals surface area contributed by atoms with E-state index in [1.54, 1.807) is 24.3 Å². The van der Waals surface area contributed by atoms with E-state index >= 15 is 0 Å². The van der Waals surface area contributed by atoms with Gasteiger partial charge in [-0.3, -0.25) is 19.3 Å². The predicted molar refractivity (Wildman–Crippen MR) is 132 cm³/mol. The summed E-state index contributed by atoms with van der Waals surface area (Å²) in [6.07, 6.45) is 5.40. The van der Waals surface area contributed by atoms with E-state index in [1.165, 1.54) is 10.5 Å². The van der Waals surface area contributed by atoms with Gasteiger partial charge in [-0.1, -0.05) is 45.1 Å². The third kappa shape index (κ3) is 3.76. The molecule has 5 aliphatic rings. The molecule has 1 aliphatic heterocycles. The van der Waals surface area contributed by atoms with E-state index in [1.807, 2.05) is 12.1 Å². The van der Waals surface area contributed by atoms with Crippen LogP contribution in [0.25, 0.3) is 0 Å². The van der Waals surface area contributed by atoms with Gasteiger partial charge in [0.15, 0.2) is 0 Å². The molecule has 35 heavy (non-hydrogen) atoms. The molecule has 0 unspecified atom stereocenters. The Morgan fingerprint density at radius 2 is 1.40 bits per heavy atom. The van der Waals surface area contributed by atoms with Crippen LogP contribution in [0.4, 0.5) is 5.69 Å². The van der Waals surface area contributed by atoms with Crippen molar-refractivity contribution in [1.82, 2.24) is 4.90 Å². The van der Waals surface area contributed by atoms with Crippen LogP contribution in [0.15, 0.2) is 60.7 Å². The maximum Gasteiger partial charge on any atom is 0.244 e. The highest BCUT2D eigenvalue weighted by atomic mass is 16.5. The molecular formula is C29H30N2O4. The van der Waals surface area contributed by atoms with Crippen LogP contribution in [0.2, 0.25) is 0 Å². The maximum atomic E-state index is 13.1. The molecule has 3 fully saturated rings. The number of allylic oxidation sites excluding steroid dienone is 2. The van der Waals surface area contributed by atoms with E-state index in [0.29, 0.717) is 23.3 Å². The molecule has 0 spiro atoms. The number of anilines is 1. The minimum Gasteiger partial charge on any atom is -0.457 e. The first-order valence-electron chi connectivity index (χ1n) is 12.4. The fraction of sp³-hybridized carbons (Fsp3) is 0.414. The quantitative estimate of drug-likeness (QED) is 0.505. The molecule has 0 aromatic heterocycles. The Labute approximate surface area is 205 Å². The summed E-state index contributed by atoms with van der Waals surface area (Å²) in [6, 6.07) is 15.1. The second kappa shape index (κ2) is 7.80. The van der Waals surface area contributed by atoms with Crippen LogP contribution in [-0.4, -0.2) is 29.2 Å². The zero-order valence-corrected chi connectivity index (χ0v) is 20.2. The number of carbonyl (C=O) groups excluding carboxylic acids is 3. The highest BCUT2D eigenvalue weighted by Gasteiger charge is 2.67. The van der Waals surface area contributed by atoms with Crippen LogP contribution in [0, 0.1) is 35.5 Å². The van der Waals surface area contributed by atoms with E-state index in [-0.39, 0.29) is 53.4 Å². The van der Waals surface area contributed by atoms with Gasteiger partial charge in [0.05, 0.1) is 11.8 Å². The van der Waals surface area contributed by atoms with Crippen molar-refractivity contribution in [3.8, 4) is 11.5 Å². The summed E-state index contributed by atoms with van der Waals surface area (Å²) in [4.78, 5) is 40.0. The summed E-state index contributed by atoms with van der Waals surface area (Å²) in [7, 11) is 0. The van der Waals surface area contributed by atoms with E-state index in [9.17, 15) is 14.4 Å². The summed E-state index contributed by atoms with van der Waals surface area (Å²) < 4.78 is 5.92. The number of nitrogens with zero attached hydrogens (tertiary/aromatic N) is 1. The molecule has 6 nitrogen and oxygen atoms in total. The van der Waals surface area contributed by atoms with Gasteiger partial charge < -0.3 is 10.1 Å². The zero-order chi connectivity index (χ0) is 24.5. The molecule has 1 heterocycles. The van der Waals surface area contributed by atoms with E-state index in [2.05, 4.69) is 50.4 Å². The maximum absolute atomic E-state index is 13.1. The SMILES string of the molecule is CC(C)(C)c1ccc(Oc2ccc(NC(=O)CN3C(=O)[C@@H]4[C@@H]5C=C[C@H]([C@H]6C[C@H]56)[C@@H]4C3=O)cc2)cc1. The predicted octanol–water partition coefficient (Wildman–Crippen LogP) is 4.77. The van der Waals surface area contributed by atoms with Crippen molar-refractivity contribution in [2.75, 3.05) is 11.9 Å². The molecule has 180 valence electrons. The summed E-state index contributed by atoms with van der Waals surface area (Å²) in [5.41, 5.74) is 1.90. The second-order valence-electron chi connectivity index (χ2n) is 11.4. The third-order valence-electron chi connectivity index (χ3n) is 8.15. The lowest BCUT2D eigenvalue weighted by atomic mass is 9.63. The Morgan fingerprint density at radius 3 is 1.91 bits per heavy atom. The van der Waals surface area contributed by atoms with Gasteiger partial charge in [0.1, 0.15) is 18.0 Å². The Balaban J connectivity index is 1.07. The standard InChI is InChI=1S/C29H30N2O4/c1-29(2,3)16-4-8-18(9-5-16)35-19-10-6-17(7-11-19)30-24(32)15-31-27(33)25-20-12-13-21(23-14-22(20)23)26(25)28(31)34/h4-13,20-23,25-26H,14-15H2,1-3H3,(H,30,32)/t20-,21-,22-,23-,25-,26+/m1/s1. The summed E-state index contributed by atoms with van der Waals surface area (Å²) in [6.45, 7) is 6.27. The molecule has 6 atom stereocenters. The van der Waals surface area contributed by atoms with Gasteiger partial charge in [-0.15, -0.1) is 0 Å². The number of rotatable bonds is 5. The normalized spacial score (nSPS) is 30.2. The lowest BCUT2D eigenvalue weighted by molar-refractivity contribution is -0.142. The van der Waals surface area contributed by atoms with Gasteiger partial charge in [-0.2, -0.15) is 0 Å².